The lowest BCUT2D eigenvalue weighted by atomic mass is 9.82. The third-order valence-electron chi connectivity index (χ3n) is 6.51. The predicted molar refractivity (Wildman–Crippen MR) is 163 cm³/mol. The maximum absolute atomic E-state index is 13.5. The number of rotatable bonds is 7. The summed E-state index contributed by atoms with van der Waals surface area (Å²) in [4.78, 5) is 26.4. The van der Waals surface area contributed by atoms with Crippen LogP contribution >= 0.6 is 23.4 Å². The molecule has 1 atom stereocenters. The number of hydrogen-bond acceptors (Lipinski definition) is 5. The smallest absolute Gasteiger partial charge is 0.254 e. The van der Waals surface area contributed by atoms with E-state index in [1.165, 1.54) is 11.8 Å². The van der Waals surface area contributed by atoms with Crippen LogP contribution in [0.5, 0.6) is 0 Å². The van der Waals surface area contributed by atoms with Crippen molar-refractivity contribution >= 4 is 57.3 Å². The molecule has 4 aromatic rings. The molecule has 1 heterocycles. The van der Waals surface area contributed by atoms with Crippen LogP contribution in [0.3, 0.4) is 0 Å². The van der Waals surface area contributed by atoms with Gasteiger partial charge in [0.2, 0.25) is 5.91 Å². The van der Waals surface area contributed by atoms with Crippen LogP contribution in [-0.4, -0.2) is 17.6 Å². The number of nitrogens with one attached hydrogen (secondary N) is 3. The Morgan fingerprint density at radius 3 is 2.30 bits per heavy atom. The Balaban J connectivity index is 1.38. The highest BCUT2D eigenvalue weighted by Crippen LogP contribution is 2.41. The van der Waals surface area contributed by atoms with Gasteiger partial charge in [-0.3, -0.25) is 9.59 Å². The number of anilines is 2. The minimum absolute atomic E-state index is 0.0848. The topological polar surface area (TPSA) is 94.0 Å². The number of amides is 2. The van der Waals surface area contributed by atoms with Crippen LogP contribution in [0.4, 0.5) is 11.4 Å². The Labute approximate surface area is 241 Å². The molecule has 0 aromatic heterocycles. The first kappa shape index (κ1) is 27.1. The number of nitrogens with zero attached hydrogens (tertiary/aromatic N) is 1. The SMILES string of the molecule is CC1=C(C(=O)Nc2ccc(Cl)cc2)[C@H](c2ccccc2)C(C#N)=C(SCC(=O)Nc2ccc3ccccc3c2)N1. The van der Waals surface area contributed by atoms with E-state index in [9.17, 15) is 14.9 Å². The summed E-state index contributed by atoms with van der Waals surface area (Å²) >= 11 is 7.23. The Morgan fingerprint density at radius 2 is 1.57 bits per heavy atom. The zero-order valence-electron chi connectivity index (χ0n) is 21.6. The second-order valence-electron chi connectivity index (χ2n) is 9.22. The lowest BCUT2D eigenvalue weighted by Gasteiger charge is -2.30. The van der Waals surface area contributed by atoms with Gasteiger partial charge in [-0.2, -0.15) is 5.26 Å². The molecule has 0 aliphatic carbocycles. The van der Waals surface area contributed by atoms with Crippen LogP contribution in [0.2, 0.25) is 5.02 Å². The lowest BCUT2D eigenvalue weighted by molar-refractivity contribution is -0.114. The summed E-state index contributed by atoms with van der Waals surface area (Å²) in [5.74, 6) is -1.05. The van der Waals surface area contributed by atoms with E-state index in [0.717, 1.165) is 16.3 Å². The molecule has 0 fully saturated rings. The van der Waals surface area contributed by atoms with Gasteiger partial charge in [-0.25, -0.2) is 0 Å². The molecule has 0 radical (unpaired) electrons. The monoisotopic (exact) mass is 564 g/mol. The second-order valence-corrected chi connectivity index (χ2v) is 10.6. The van der Waals surface area contributed by atoms with Crippen LogP contribution in [0.25, 0.3) is 10.8 Å². The largest absolute Gasteiger partial charge is 0.353 e. The number of thioether (sulfide) groups is 1. The number of benzene rings is 4. The molecule has 198 valence electrons. The molecule has 0 unspecified atom stereocenters. The molecule has 0 spiro atoms. The Bertz CT molecular complexity index is 1690. The van der Waals surface area contributed by atoms with Gasteiger partial charge in [0.1, 0.15) is 0 Å². The summed E-state index contributed by atoms with van der Waals surface area (Å²) in [6.07, 6.45) is 0. The van der Waals surface area contributed by atoms with E-state index in [1.807, 2.05) is 72.8 Å². The van der Waals surface area contributed by atoms with Crippen LogP contribution in [0.1, 0.15) is 18.4 Å². The third kappa shape index (κ3) is 6.04. The van der Waals surface area contributed by atoms with E-state index >= 15 is 0 Å². The molecule has 8 heteroatoms. The van der Waals surface area contributed by atoms with Crippen molar-refractivity contribution in [3.05, 3.63) is 130 Å². The zero-order valence-corrected chi connectivity index (χ0v) is 23.1. The van der Waals surface area contributed by atoms with Crippen LogP contribution < -0.4 is 16.0 Å². The predicted octanol–water partition coefficient (Wildman–Crippen LogP) is 7.20. The number of allylic oxidation sites excluding steroid dienone is 2. The molecule has 1 aliphatic rings. The molecule has 3 N–H and O–H groups in total. The Kier molecular flexibility index (Phi) is 8.20. The fraction of sp³-hybridized carbons (Fsp3) is 0.0938. The van der Waals surface area contributed by atoms with Crippen molar-refractivity contribution in [2.75, 3.05) is 16.4 Å². The number of halogens is 1. The Morgan fingerprint density at radius 1 is 0.900 bits per heavy atom. The maximum Gasteiger partial charge on any atom is 0.254 e. The van der Waals surface area contributed by atoms with Crippen molar-refractivity contribution in [3.8, 4) is 6.07 Å². The summed E-state index contributed by atoms with van der Waals surface area (Å²) < 4.78 is 0. The number of nitriles is 1. The summed E-state index contributed by atoms with van der Waals surface area (Å²) in [6, 6.07) is 32.3. The van der Waals surface area contributed by atoms with Gasteiger partial charge in [-0.1, -0.05) is 84.0 Å². The van der Waals surface area contributed by atoms with E-state index in [1.54, 1.807) is 31.2 Å². The first-order valence-electron chi connectivity index (χ1n) is 12.6. The van der Waals surface area contributed by atoms with Crippen LogP contribution in [0, 0.1) is 11.3 Å². The molecule has 2 amide bonds. The van der Waals surface area contributed by atoms with E-state index in [2.05, 4.69) is 22.0 Å². The molecule has 6 nitrogen and oxygen atoms in total. The number of hydrogen-bond donors (Lipinski definition) is 3. The molecule has 0 saturated carbocycles. The summed E-state index contributed by atoms with van der Waals surface area (Å²) in [7, 11) is 0. The van der Waals surface area contributed by atoms with Gasteiger partial charge in [0.25, 0.3) is 5.91 Å². The molecule has 0 bridgehead atoms. The van der Waals surface area contributed by atoms with Crippen molar-refractivity contribution in [2.24, 2.45) is 0 Å². The van der Waals surface area contributed by atoms with E-state index in [-0.39, 0.29) is 17.6 Å². The highest BCUT2D eigenvalue weighted by atomic mass is 35.5. The molecule has 5 rings (SSSR count). The van der Waals surface area contributed by atoms with Crippen LogP contribution in [0.15, 0.2) is 119 Å². The minimum Gasteiger partial charge on any atom is -0.353 e. The summed E-state index contributed by atoms with van der Waals surface area (Å²) in [5.41, 5.74) is 3.52. The van der Waals surface area contributed by atoms with Gasteiger partial charge >= 0.3 is 0 Å². The van der Waals surface area contributed by atoms with Crippen molar-refractivity contribution in [3.63, 3.8) is 0 Å². The van der Waals surface area contributed by atoms with Gasteiger partial charge in [0.15, 0.2) is 0 Å². The van der Waals surface area contributed by atoms with Crippen molar-refractivity contribution in [1.82, 2.24) is 5.32 Å². The Hall–Kier alpha value is -4.51. The average Bonchev–Trinajstić information content (AvgIpc) is 2.97. The molecular formula is C32H25ClN4O2S. The molecule has 4 aromatic carbocycles. The molecule has 0 saturated heterocycles. The van der Waals surface area contributed by atoms with Gasteiger partial charge in [0, 0.05) is 27.7 Å². The standard InChI is InChI=1S/C32H25ClN4O2S/c1-20-29(31(39)37-25-15-12-24(33)13-16-25)30(22-8-3-2-4-9-22)27(18-34)32(35-20)40-19-28(38)36-26-14-11-21-7-5-6-10-23(21)17-26/h2-17,30,35H,19H2,1H3,(H,36,38)(H,37,39)/t30-/m1/s1. The van der Waals surface area contributed by atoms with Gasteiger partial charge in [-0.05, 0) is 59.7 Å². The van der Waals surface area contributed by atoms with Gasteiger partial charge < -0.3 is 16.0 Å². The maximum atomic E-state index is 13.5. The summed E-state index contributed by atoms with van der Waals surface area (Å²) in [5, 5.41) is 22.6. The van der Waals surface area contributed by atoms with Gasteiger partial charge in [-0.15, -0.1) is 0 Å². The molecule has 40 heavy (non-hydrogen) atoms. The second kappa shape index (κ2) is 12.1. The average molecular weight is 565 g/mol. The normalized spacial score (nSPS) is 14.9. The fourth-order valence-corrected chi connectivity index (χ4v) is 5.66. The van der Waals surface area contributed by atoms with E-state index in [4.69, 9.17) is 11.6 Å². The number of carbonyl (C=O) groups is 2. The highest BCUT2D eigenvalue weighted by Gasteiger charge is 2.34. The third-order valence-corrected chi connectivity index (χ3v) is 7.78. The summed E-state index contributed by atoms with van der Waals surface area (Å²) in [6.45, 7) is 1.80. The molecule has 1 aliphatic heterocycles. The molecular weight excluding hydrogens is 540 g/mol. The van der Waals surface area contributed by atoms with Gasteiger partial charge in [0.05, 0.1) is 28.3 Å². The number of fused-ring (bicyclic) bond motifs is 1. The highest BCUT2D eigenvalue weighted by molar-refractivity contribution is 8.03. The number of carbonyl (C=O) groups excluding carboxylic acids is 2. The van der Waals surface area contributed by atoms with Crippen molar-refractivity contribution < 1.29 is 9.59 Å². The zero-order chi connectivity index (χ0) is 28.1. The first-order chi connectivity index (χ1) is 19.4. The van der Waals surface area contributed by atoms with Crippen molar-refractivity contribution in [2.45, 2.75) is 12.8 Å². The van der Waals surface area contributed by atoms with E-state index < -0.39 is 5.92 Å². The first-order valence-corrected chi connectivity index (χ1v) is 13.9. The van der Waals surface area contributed by atoms with Crippen LogP contribution in [-0.2, 0) is 9.59 Å². The lowest BCUT2D eigenvalue weighted by Crippen LogP contribution is -2.31. The van der Waals surface area contributed by atoms with E-state index in [0.29, 0.717) is 38.3 Å². The van der Waals surface area contributed by atoms with Crippen molar-refractivity contribution in [1.29, 1.82) is 5.26 Å². The fourth-order valence-electron chi connectivity index (χ4n) is 4.64. The number of dihydropyridines is 1. The quantitative estimate of drug-likeness (QED) is 0.221. The minimum atomic E-state index is -0.606.